The Morgan fingerprint density at radius 2 is 2.12 bits per heavy atom. The molecule has 0 fully saturated rings. The molecule has 1 aromatic rings. The first-order chi connectivity index (χ1) is 7.44. The molecule has 1 N–H and O–H groups in total. The van der Waals surface area contributed by atoms with E-state index in [0.717, 1.165) is 10.0 Å². The maximum absolute atomic E-state index is 11.6. The number of hydrogen-bond donors (Lipinski definition) is 1. The maximum Gasteiger partial charge on any atom is 0.232 e. The number of aryl methyl sites for hydroxylation is 1. The third-order valence-corrected chi connectivity index (χ3v) is 4.22. The molecule has 16 heavy (non-hydrogen) atoms. The summed E-state index contributed by atoms with van der Waals surface area (Å²) in [5, 5.41) is 0. The SMILES string of the molecule is Cc1ccc(NS(=O)(=O)CCCCl)c(Br)c1. The fraction of sp³-hybridized carbons (Fsp3) is 0.400. The van der Waals surface area contributed by atoms with Crippen molar-refractivity contribution in [1.29, 1.82) is 0 Å². The first kappa shape index (κ1) is 13.8. The van der Waals surface area contributed by atoms with Gasteiger partial charge in [-0.05, 0) is 47.0 Å². The van der Waals surface area contributed by atoms with Crippen LogP contribution < -0.4 is 4.72 Å². The van der Waals surface area contributed by atoms with Gasteiger partial charge < -0.3 is 0 Å². The van der Waals surface area contributed by atoms with Crippen molar-refractivity contribution in [2.45, 2.75) is 13.3 Å². The fourth-order valence-corrected chi connectivity index (χ4v) is 3.32. The zero-order valence-corrected chi connectivity index (χ0v) is 12.0. The van der Waals surface area contributed by atoms with Crippen molar-refractivity contribution >= 4 is 43.2 Å². The van der Waals surface area contributed by atoms with Crippen LogP contribution in [0.3, 0.4) is 0 Å². The molecule has 6 heteroatoms. The van der Waals surface area contributed by atoms with Crippen LogP contribution in [0, 0.1) is 6.92 Å². The van der Waals surface area contributed by atoms with Gasteiger partial charge in [-0.15, -0.1) is 11.6 Å². The highest BCUT2D eigenvalue weighted by Crippen LogP contribution is 2.24. The number of benzene rings is 1. The Bertz CT molecular complexity index is 462. The Labute approximate surface area is 109 Å². The first-order valence-electron chi connectivity index (χ1n) is 4.77. The van der Waals surface area contributed by atoms with Crippen molar-refractivity contribution in [1.82, 2.24) is 0 Å². The second-order valence-electron chi connectivity index (χ2n) is 3.45. The number of halogens is 2. The minimum absolute atomic E-state index is 0.0385. The lowest BCUT2D eigenvalue weighted by atomic mass is 10.2. The van der Waals surface area contributed by atoms with Crippen LogP contribution in [0.5, 0.6) is 0 Å². The molecule has 0 aliphatic carbocycles. The van der Waals surface area contributed by atoms with E-state index in [1.54, 1.807) is 6.07 Å². The molecule has 1 aromatic carbocycles. The monoisotopic (exact) mass is 325 g/mol. The van der Waals surface area contributed by atoms with Crippen molar-refractivity contribution in [2.75, 3.05) is 16.4 Å². The van der Waals surface area contributed by atoms with E-state index in [0.29, 0.717) is 18.0 Å². The Balaban J connectivity index is 2.80. The Hall–Kier alpha value is -0.260. The zero-order valence-electron chi connectivity index (χ0n) is 8.83. The molecule has 0 unspecified atom stereocenters. The molecule has 0 radical (unpaired) electrons. The molecular weight excluding hydrogens is 314 g/mol. The van der Waals surface area contributed by atoms with Crippen molar-refractivity contribution in [3.8, 4) is 0 Å². The number of hydrogen-bond acceptors (Lipinski definition) is 2. The van der Waals surface area contributed by atoms with Crippen LogP contribution in [-0.4, -0.2) is 20.1 Å². The molecular formula is C10H13BrClNO2S. The van der Waals surface area contributed by atoms with Crippen LogP contribution in [0.4, 0.5) is 5.69 Å². The van der Waals surface area contributed by atoms with E-state index < -0.39 is 10.0 Å². The van der Waals surface area contributed by atoms with Gasteiger partial charge in [-0.3, -0.25) is 4.72 Å². The van der Waals surface area contributed by atoms with Gasteiger partial charge in [0.1, 0.15) is 0 Å². The van der Waals surface area contributed by atoms with E-state index >= 15 is 0 Å². The van der Waals surface area contributed by atoms with Gasteiger partial charge in [0.25, 0.3) is 0 Å². The van der Waals surface area contributed by atoms with Gasteiger partial charge >= 0.3 is 0 Å². The summed E-state index contributed by atoms with van der Waals surface area (Å²) in [6, 6.07) is 5.45. The predicted octanol–water partition coefficient (Wildman–Crippen LogP) is 3.13. The Morgan fingerprint density at radius 3 is 2.69 bits per heavy atom. The summed E-state index contributed by atoms with van der Waals surface area (Å²) in [6.45, 7) is 1.94. The molecule has 0 aromatic heterocycles. The topological polar surface area (TPSA) is 46.2 Å². The lowest BCUT2D eigenvalue weighted by Gasteiger charge is -2.09. The molecule has 0 heterocycles. The number of anilines is 1. The molecule has 0 atom stereocenters. The molecule has 0 bridgehead atoms. The summed E-state index contributed by atoms with van der Waals surface area (Å²) in [4.78, 5) is 0. The standard InChI is InChI=1S/C10H13BrClNO2S/c1-8-3-4-10(9(11)7-8)13-16(14,15)6-2-5-12/h3-4,7,13H,2,5-6H2,1H3. The summed E-state index contributed by atoms with van der Waals surface area (Å²) in [6.07, 6.45) is 0.445. The van der Waals surface area contributed by atoms with Gasteiger partial charge in [0, 0.05) is 10.4 Å². The number of alkyl halides is 1. The second kappa shape index (κ2) is 5.89. The van der Waals surface area contributed by atoms with Crippen molar-refractivity contribution < 1.29 is 8.42 Å². The largest absolute Gasteiger partial charge is 0.282 e. The number of sulfonamides is 1. The van der Waals surface area contributed by atoms with E-state index in [-0.39, 0.29) is 5.75 Å². The average Bonchev–Trinajstić information content (AvgIpc) is 2.19. The van der Waals surface area contributed by atoms with Gasteiger partial charge in [0.15, 0.2) is 0 Å². The smallest absolute Gasteiger partial charge is 0.232 e. The van der Waals surface area contributed by atoms with E-state index in [1.807, 2.05) is 19.1 Å². The highest BCUT2D eigenvalue weighted by atomic mass is 79.9. The van der Waals surface area contributed by atoms with Crippen LogP contribution in [-0.2, 0) is 10.0 Å². The van der Waals surface area contributed by atoms with E-state index in [4.69, 9.17) is 11.6 Å². The third-order valence-electron chi connectivity index (χ3n) is 1.94. The second-order valence-corrected chi connectivity index (χ2v) is 6.52. The molecule has 0 aliphatic rings. The average molecular weight is 327 g/mol. The van der Waals surface area contributed by atoms with Gasteiger partial charge in [0.2, 0.25) is 10.0 Å². The fourth-order valence-electron chi connectivity index (χ4n) is 1.17. The summed E-state index contributed by atoms with van der Waals surface area (Å²) in [7, 11) is -3.30. The summed E-state index contributed by atoms with van der Waals surface area (Å²) < 4.78 is 26.5. The lowest BCUT2D eigenvalue weighted by molar-refractivity contribution is 0.600. The van der Waals surface area contributed by atoms with Crippen molar-refractivity contribution in [2.24, 2.45) is 0 Å². The van der Waals surface area contributed by atoms with Crippen LogP contribution in [0.25, 0.3) is 0 Å². The first-order valence-corrected chi connectivity index (χ1v) is 7.75. The molecule has 0 spiro atoms. The number of nitrogens with one attached hydrogen (secondary N) is 1. The lowest BCUT2D eigenvalue weighted by Crippen LogP contribution is -2.17. The summed E-state index contributed by atoms with van der Waals surface area (Å²) in [5.41, 5.74) is 1.62. The molecule has 1 rings (SSSR count). The van der Waals surface area contributed by atoms with Gasteiger partial charge in [-0.2, -0.15) is 0 Å². The van der Waals surface area contributed by atoms with Crippen LogP contribution in [0.2, 0.25) is 0 Å². The summed E-state index contributed by atoms with van der Waals surface area (Å²) >= 11 is 8.78. The van der Waals surface area contributed by atoms with Crippen molar-refractivity contribution in [3.63, 3.8) is 0 Å². The quantitative estimate of drug-likeness (QED) is 0.845. The molecule has 0 saturated heterocycles. The zero-order chi connectivity index (χ0) is 12.2. The normalized spacial score (nSPS) is 11.4. The van der Waals surface area contributed by atoms with Crippen LogP contribution in [0.15, 0.2) is 22.7 Å². The van der Waals surface area contributed by atoms with Gasteiger partial charge in [0.05, 0.1) is 11.4 Å². The number of rotatable bonds is 5. The third kappa shape index (κ3) is 4.31. The molecule has 90 valence electrons. The molecule has 0 aliphatic heterocycles. The highest BCUT2D eigenvalue weighted by Gasteiger charge is 2.11. The van der Waals surface area contributed by atoms with Crippen LogP contribution in [0.1, 0.15) is 12.0 Å². The van der Waals surface area contributed by atoms with Gasteiger partial charge in [-0.25, -0.2) is 8.42 Å². The van der Waals surface area contributed by atoms with Gasteiger partial charge in [-0.1, -0.05) is 6.07 Å². The van der Waals surface area contributed by atoms with E-state index in [9.17, 15) is 8.42 Å². The minimum atomic E-state index is -3.30. The van der Waals surface area contributed by atoms with Crippen molar-refractivity contribution in [3.05, 3.63) is 28.2 Å². The van der Waals surface area contributed by atoms with Crippen LogP contribution >= 0.6 is 27.5 Å². The predicted molar refractivity (Wildman–Crippen MR) is 71.6 cm³/mol. The summed E-state index contributed by atoms with van der Waals surface area (Å²) in [5.74, 6) is 0.382. The maximum atomic E-state index is 11.6. The van der Waals surface area contributed by atoms with E-state index in [1.165, 1.54) is 0 Å². The Morgan fingerprint density at radius 1 is 1.44 bits per heavy atom. The Kier molecular flexibility index (Phi) is 5.08. The molecule has 0 amide bonds. The van der Waals surface area contributed by atoms with E-state index in [2.05, 4.69) is 20.7 Å². The highest BCUT2D eigenvalue weighted by molar-refractivity contribution is 9.10. The minimum Gasteiger partial charge on any atom is -0.282 e. The molecule has 3 nitrogen and oxygen atoms in total. The molecule has 0 saturated carbocycles.